The van der Waals surface area contributed by atoms with Crippen LogP contribution in [0.15, 0.2) is 46.4 Å². The molecule has 0 unspecified atom stereocenters. The minimum Gasteiger partial charge on any atom is -0.329 e. The second kappa shape index (κ2) is 7.20. The summed E-state index contributed by atoms with van der Waals surface area (Å²) in [6.45, 7) is 2.20. The third-order valence-electron chi connectivity index (χ3n) is 3.70. The summed E-state index contributed by atoms with van der Waals surface area (Å²) in [5.74, 6) is 0.385. The summed E-state index contributed by atoms with van der Waals surface area (Å²) >= 11 is 0. The van der Waals surface area contributed by atoms with Gasteiger partial charge >= 0.3 is 0 Å². The number of para-hydroxylation sites is 2. The van der Waals surface area contributed by atoms with Crippen LogP contribution in [0.3, 0.4) is 0 Å². The van der Waals surface area contributed by atoms with E-state index in [1.807, 2.05) is 24.3 Å². The van der Waals surface area contributed by atoms with Gasteiger partial charge in [0.25, 0.3) is 0 Å². The van der Waals surface area contributed by atoms with Gasteiger partial charge in [0, 0.05) is 19.5 Å². The molecule has 0 spiro atoms. The van der Waals surface area contributed by atoms with Crippen LogP contribution in [0.25, 0.3) is 11.0 Å². The van der Waals surface area contributed by atoms with Crippen LogP contribution in [-0.2, 0) is 17.9 Å². The van der Waals surface area contributed by atoms with Crippen molar-refractivity contribution >= 4 is 16.9 Å². The van der Waals surface area contributed by atoms with Gasteiger partial charge in [-0.2, -0.15) is 0 Å². The second-order valence-corrected chi connectivity index (χ2v) is 5.40. The van der Waals surface area contributed by atoms with E-state index in [0.717, 1.165) is 16.9 Å². The van der Waals surface area contributed by atoms with E-state index < -0.39 is 5.91 Å². The van der Waals surface area contributed by atoms with Crippen molar-refractivity contribution in [3.8, 4) is 0 Å². The molecule has 1 aromatic heterocycles. The molecule has 1 aliphatic rings. The quantitative estimate of drug-likeness (QED) is 0.538. The molecule has 0 aliphatic carbocycles. The highest BCUT2D eigenvalue weighted by molar-refractivity contribution is 5.76. The molecule has 1 aromatic carbocycles. The van der Waals surface area contributed by atoms with Gasteiger partial charge in [0.15, 0.2) is 0 Å². The Morgan fingerprint density at radius 2 is 2.25 bits per heavy atom. The largest absolute Gasteiger partial charge is 0.329 e. The highest BCUT2D eigenvalue weighted by Crippen LogP contribution is 2.20. The van der Waals surface area contributed by atoms with Gasteiger partial charge in [0.2, 0.25) is 5.91 Å². The predicted octanol–water partition coefficient (Wildman–Crippen LogP) is 0.957. The van der Waals surface area contributed by atoms with Gasteiger partial charge in [-0.1, -0.05) is 17.4 Å². The molecule has 4 N–H and O–H groups in total. The maximum absolute atomic E-state index is 11.0. The molecule has 9 heteroatoms. The number of benzene rings is 1. The molecule has 0 radical (unpaired) electrons. The number of nitrogens with zero attached hydrogens (tertiary/aromatic N) is 5. The van der Waals surface area contributed by atoms with E-state index in [9.17, 15) is 4.79 Å². The number of aromatic nitrogens is 2. The van der Waals surface area contributed by atoms with Crippen LogP contribution in [0.5, 0.6) is 0 Å². The number of carbonyl (C=O) groups is 1. The van der Waals surface area contributed by atoms with Gasteiger partial charge < -0.3 is 10.3 Å². The van der Waals surface area contributed by atoms with Gasteiger partial charge in [-0.15, -0.1) is 5.11 Å². The van der Waals surface area contributed by atoms with Gasteiger partial charge in [-0.3, -0.25) is 15.0 Å². The van der Waals surface area contributed by atoms with Crippen molar-refractivity contribution in [3.63, 3.8) is 0 Å². The van der Waals surface area contributed by atoms with Crippen molar-refractivity contribution in [3.05, 3.63) is 41.9 Å². The zero-order valence-electron chi connectivity index (χ0n) is 13.1. The third kappa shape index (κ3) is 3.42. The third-order valence-corrected chi connectivity index (χ3v) is 3.70. The van der Waals surface area contributed by atoms with Crippen molar-refractivity contribution in [1.82, 2.24) is 20.0 Å². The fourth-order valence-electron chi connectivity index (χ4n) is 2.61. The summed E-state index contributed by atoms with van der Waals surface area (Å²) in [4.78, 5) is 15.7. The molecule has 0 bridgehead atoms. The molecule has 1 amide bonds. The Hall–Kier alpha value is -2.78. The van der Waals surface area contributed by atoms with Crippen molar-refractivity contribution in [2.24, 2.45) is 16.1 Å². The predicted molar refractivity (Wildman–Crippen MR) is 86.7 cm³/mol. The lowest BCUT2D eigenvalue weighted by molar-refractivity contribution is -0.128. The molecule has 24 heavy (non-hydrogen) atoms. The summed E-state index contributed by atoms with van der Waals surface area (Å²) in [7, 11) is 0. The first-order valence-electron chi connectivity index (χ1n) is 7.64. The lowest BCUT2D eigenvalue weighted by Gasteiger charge is -2.13. The number of fused-ring (bicyclic) bond motifs is 1. The monoisotopic (exact) mass is 329 g/mol. The van der Waals surface area contributed by atoms with Crippen molar-refractivity contribution in [1.29, 1.82) is 0 Å². The number of imidazole rings is 1. The SMILES string of the molecule is NCCn1c(CN2C/C(=C/CC(=O)NO)N=N2)nc2ccccc21. The van der Waals surface area contributed by atoms with E-state index in [1.165, 1.54) is 0 Å². The minimum atomic E-state index is -0.485. The first-order chi connectivity index (χ1) is 11.7. The minimum absolute atomic E-state index is 0.0599. The molecule has 0 saturated heterocycles. The average Bonchev–Trinajstić information content (AvgIpc) is 3.18. The summed E-state index contributed by atoms with van der Waals surface area (Å²) in [6, 6.07) is 7.92. The lowest BCUT2D eigenvalue weighted by atomic mass is 10.3. The highest BCUT2D eigenvalue weighted by atomic mass is 16.5. The van der Waals surface area contributed by atoms with Gasteiger partial charge in [0.1, 0.15) is 5.82 Å². The first kappa shape index (κ1) is 16.1. The topological polar surface area (TPSA) is 121 Å². The highest BCUT2D eigenvalue weighted by Gasteiger charge is 2.17. The van der Waals surface area contributed by atoms with E-state index in [2.05, 4.69) is 19.9 Å². The van der Waals surface area contributed by atoms with Crippen LogP contribution >= 0.6 is 0 Å². The molecule has 0 saturated carbocycles. The van der Waals surface area contributed by atoms with E-state index in [0.29, 0.717) is 31.9 Å². The number of nitrogens with two attached hydrogens (primary N) is 1. The van der Waals surface area contributed by atoms with E-state index in [-0.39, 0.29) is 6.42 Å². The van der Waals surface area contributed by atoms with E-state index >= 15 is 0 Å². The number of hydrogen-bond donors (Lipinski definition) is 3. The first-order valence-corrected chi connectivity index (χ1v) is 7.64. The van der Waals surface area contributed by atoms with Crippen LogP contribution < -0.4 is 11.2 Å². The maximum Gasteiger partial charge on any atom is 0.247 e. The zero-order chi connectivity index (χ0) is 16.9. The molecule has 0 atom stereocenters. The van der Waals surface area contributed by atoms with E-state index in [1.54, 1.807) is 16.6 Å². The second-order valence-electron chi connectivity index (χ2n) is 5.40. The van der Waals surface area contributed by atoms with Gasteiger partial charge in [-0.05, 0) is 18.2 Å². The van der Waals surface area contributed by atoms with Crippen molar-refractivity contribution in [2.45, 2.75) is 19.5 Å². The van der Waals surface area contributed by atoms with Crippen LogP contribution in [0.1, 0.15) is 12.2 Å². The zero-order valence-corrected chi connectivity index (χ0v) is 13.1. The number of carbonyl (C=O) groups excluding carboxylic acids is 1. The molecule has 1 aliphatic heterocycles. The standard InChI is InChI=1S/C15H19N7O2/c16-7-8-22-13-4-2-1-3-12(13)17-14(22)10-21-9-11(18-20-21)5-6-15(23)19-24/h1-5,24H,6-10,16H2,(H,19,23)/b11-5-. The fraction of sp³-hybridized carbons (Fsp3) is 0.333. The van der Waals surface area contributed by atoms with Crippen LogP contribution in [0.4, 0.5) is 0 Å². The molecule has 126 valence electrons. The van der Waals surface area contributed by atoms with Crippen LogP contribution in [0, 0.1) is 0 Å². The molecular weight excluding hydrogens is 310 g/mol. The Balaban J connectivity index is 1.73. The Morgan fingerprint density at radius 1 is 1.42 bits per heavy atom. The number of hydroxylamine groups is 1. The summed E-state index contributed by atoms with van der Waals surface area (Å²) in [5, 5.41) is 18.4. The Bertz CT molecular complexity index is 796. The Morgan fingerprint density at radius 3 is 3.04 bits per heavy atom. The summed E-state index contributed by atoms with van der Waals surface area (Å²) in [6.07, 6.45) is 1.70. The van der Waals surface area contributed by atoms with Gasteiger partial charge in [0.05, 0.1) is 29.8 Å². The maximum atomic E-state index is 11.0. The lowest BCUT2D eigenvalue weighted by Crippen LogP contribution is -2.20. The van der Waals surface area contributed by atoms with Crippen LogP contribution in [-0.4, -0.2) is 38.8 Å². The van der Waals surface area contributed by atoms with Crippen molar-refractivity contribution < 1.29 is 10.0 Å². The van der Waals surface area contributed by atoms with Crippen molar-refractivity contribution in [2.75, 3.05) is 13.1 Å². The molecule has 3 rings (SSSR count). The average molecular weight is 329 g/mol. The summed E-state index contributed by atoms with van der Waals surface area (Å²) < 4.78 is 2.09. The number of nitrogens with one attached hydrogen (secondary N) is 1. The Kier molecular flexibility index (Phi) is 4.82. The number of amides is 1. The Labute approximate surface area is 138 Å². The summed E-state index contributed by atoms with van der Waals surface area (Å²) in [5.41, 5.74) is 9.95. The fourth-order valence-corrected chi connectivity index (χ4v) is 2.61. The molecule has 2 aromatic rings. The number of rotatable bonds is 6. The molecular formula is C15H19N7O2. The normalized spacial score (nSPS) is 15.6. The van der Waals surface area contributed by atoms with Gasteiger partial charge in [-0.25, -0.2) is 10.5 Å². The molecule has 9 nitrogen and oxygen atoms in total. The van der Waals surface area contributed by atoms with E-state index in [4.69, 9.17) is 10.9 Å². The smallest absolute Gasteiger partial charge is 0.247 e. The number of hydrogen-bond acceptors (Lipinski definition) is 7. The molecule has 2 heterocycles. The van der Waals surface area contributed by atoms with Crippen LogP contribution in [0.2, 0.25) is 0 Å². The molecule has 0 fully saturated rings.